The van der Waals surface area contributed by atoms with Gasteiger partial charge in [0.05, 0.1) is 13.1 Å². The molecule has 36 heavy (non-hydrogen) atoms. The van der Waals surface area contributed by atoms with Gasteiger partial charge in [-0.25, -0.2) is 0 Å². The molecular weight excluding hydrogens is 584 g/mol. The fraction of sp³-hybridized carbons (Fsp3) is 0.550. The van der Waals surface area contributed by atoms with Gasteiger partial charge in [0.15, 0.2) is 0 Å². The van der Waals surface area contributed by atoms with Crippen LogP contribution in [0.25, 0.3) is 0 Å². The average Bonchev–Trinajstić information content (AvgIpc) is 2.68. The smallest absolute Gasteiger partial charge is 0.325 e. The van der Waals surface area contributed by atoms with Gasteiger partial charge in [-0.15, -0.1) is 62.0 Å². The topological polar surface area (TPSA) is 160 Å². The molecule has 0 amide bonds. The first kappa shape index (κ1) is 41.8. The number of aliphatic carboxylic acids is 3. The molecule has 0 aromatic heterocycles. The number of carbonyl (C=O) groups is 3. The van der Waals surface area contributed by atoms with E-state index in [0.717, 1.165) is 0 Å². The summed E-state index contributed by atoms with van der Waals surface area (Å²) in [6, 6.07) is 5.65. The van der Waals surface area contributed by atoms with Crippen LogP contribution in [0.3, 0.4) is 0 Å². The van der Waals surface area contributed by atoms with E-state index in [0.29, 0.717) is 63.6 Å². The third-order valence-electron chi connectivity index (χ3n) is 5.19. The van der Waals surface area contributed by atoms with Crippen molar-refractivity contribution in [3.63, 3.8) is 0 Å². The molecule has 1 aromatic rings. The molecule has 1 saturated heterocycles. The van der Waals surface area contributed by atoms with Crippen LogP contribution in [-0.2, 0) is 14.4 Å². The van der Waals surface area contributed by atoms with Crippen LogP contribution in [0.4, 0.5) is 5.69 Å². The molecule has 1 unspecified atom stereocenters. The maximum atomic E-state index is 12.2. The molecule has 1 atom stereocenters. The van der Waals surface area contributed by atoms with E-state index in [2.05, 4.69) is 5.32 Å². The van der Waals surface area contributed by atoms with Crippen molar-refractivity contribution < 1.29 is 29.7 Å². The minimum atomic E-state index is -1.03. The van der Waals surface area contributed by atoms with Gasteiger partial charge >= 0.3 is 17.9 Å². The second-order valence-electron chi connectivity index (χ2n) is 7.53. The molecule has 1 fully saturated rings. The van der Waals surface area contributed by atoms with E-state index in [1.165, 1.54) is 0 Å². The van der Waals surface area contributed by atoms with Crippen molar-refractivity contribution in [3.05, 3.63) is 29.8 Å². The van der Waals surface area contributed by atoms with Crippen molar-refractivity contribution in [1.29, 1.82) is 0 Å². The van der Waals surface area contributed by atoms with Crippen LogP contribution in [0, 0.1) is 0 Å². The van der Waals surface area contributed by atoms with E-state index in [9.17, 15) is 29.7 Å². The normalized spacial score (nSPS) is 16.4. The minimum Gasteiger partial charge on any atom is -0.480 e. The predicted octanol–water partition coefficient (Wildman–Crippen LogP) is 1.18. The molecule has 212 valence electrons. The highest BCUT2D eigenvalue weighted by Gasteiger charge is 2.28. The molecule has 2 rings (SSSR count). The molecule has 0 spiro atoms. The Kier molecular flexibility index (Phi) is 25.3. The number of carboxylic acid groups (broad SMARTS) is 3. The fourth-order valence-corrected chi connectivity index (χ4v) is 3.62. The number of benzene rings is 1. The maximum absolute atomic E-state index is 12.2. The van der Waals surface area contributed by atoms with Crippen molar-refractivity contribution >= 4 is 85.6 Å². The van der Waals surface area contributed by atoms with Crippen LogP contribution in [0.2, 0.25) is 0 Å². The van der Waals surface area contributed by atoms with Gasteiger partial charge in [0.2, 0.25) is 0 Å². The first-order valence-electron chi connectivity index (χ1n) is 10.2. The molecular formula is C20H36Cl5N5O6. The molecule has 1 heterocycles. The lowest BCUT2D eigenvalue weighted by atomic mass is 10.0. The standard InChI is InChI=1S/C20H31N5O6.5ClH/c21-16-3-1-15(2-4-16)19(20(30)31)25-11-9-23(13-17(26)27)7-5-22-6-8-24(10-12-25)14-18(28)29;;;;;/h1-4,19,22H,5-14,21H2,(H,26,27)(H,28,29)(H,30,31);5*1H. The highest BCUT2D eigenvalue weighted by atomic mass is 35.5. The zero-order valence-corrected chi connectivity index (χ0v) is 23.6. The maximum Gasteiger partial charge on any atom is 0.325 e. The van der Waals surface area contributed by atoms with Crippen LogP contribution in [0.1, 0.15) is 11.6 Å². The summed E-state index contributed by atoms with van der Waals surface area (Å²) >= 11 is 0. The van der Waals surface area contributed by atoms with Crippen molar-refractivity contribution in [2.45, 2.75) is 6.04 Å². The monoisotopic (exact) mass is 617 g/mol. The number of rotatable bonds is 7. The Hall–Kier alpha value is -1.28. The van der Waals surface area contributed by atoms with Gasteiger partial charge in [0.1, 0.15) is 6.04 Å². The number of hydrogen-bond donors (Lipinski definition) is 5. The Morgan fingerprint density at radius 2 is 1.17 bits per heavy atom. The summed E-state index contributed by atoms with van der Waals surface area (Å²) in [4.78, 5) is 39.9. The van der Waals surface area contributed by atoms with Crippen LogP contribution in [-0.4, -0.2) is 113 Å². The Morgan fingerprint density at radius 3 is 1.53 bits per heavy atom. The number of hydrogen-bond acceptors (Lipinski definition) is 8. The predicted molar refractivity (Wildman–Crippen MR) is 150 cm³/mol. The van der Waals surface area contributed by atoms with E-state index in [1.54, 1.807) is 39.0 Å². The average molecular weight is 620 g/mol. The molecule has 0 bridgehead atoms. The molecule has 0 aliphatic carbocycles. The van der Waals surface area contributed by atoms with Gasteiger partial charge in [-0.2, -0.15) is 0 Å². The van der Waals surface area contributed by atoms with Crippen LogP contribution in [0.5, 0.6) is 0 Å². The summed E-state index contributed by atoms with van der Waals surface area (Å²) in [6.45, 7) is 3.16. The lowest BCUT2D eigenvalue weighted by Crippen LogP contribution is -2.48. The Bertz CT molecular complexity index is 735. The second-order valence-corrected chi connectivity index (χ2v) is 7.53. The van der Waals surface area contributed by atoms with Crippen LogP contribution >= 0.6 is 62.0 Å². The molecule has 1 aromatic carbocycles. The fourth-order valence-electron chi connectivity index (χ4n) is 3.62. The van der Waals surface area contributed by atoms with Crippen LogP contribution in [0.15, 0.2) is 24.3 Å². The lowest BCUT2D eigenvalue weighted by molar-refractivity contribution is -0.145. The van der Waals surface area contributed by atoms with Gasteiger partial charge in [-0.3, -0.25) is 29.1 Å². The highest BCUT2D eigenvalue weighted by Crippen LogP contribution is 2.22. The zero-order chi connectivity index (χ0) is 22.8. The lowest BCUT2D eigenvalue weighted by Gasteiger charge is -2.34. The van der Waals surface area contributed by atoms with E-state index in [4.69, 9.17) is 5.73 Å². The second kappa shape index (κ2) is 21.8. The number of nitrogen functional groups attached to an aromatic ring is 1. The minimum absolute atomic E-state index is 0. The van der Waals surface area contributed by atoms with Crippen molar-refractivity contribution in [1.82, 2.24) is 20.0 Å². The first-order valence-corrected chi connectivity index (χ1v) is 10.2. The molecule has 11 nitrogen and oxygen atoms in total. The van der Waals surface area contributed by atoms with Gasteiger partial charge in [0.25, 0.3) is 0 Å². The van der Waals surface area contributed by atoms with Crippen molar-refractivity contribution in [2.24, 2.45) is 0 Å². The Morgan fingerprint density at radius 1 is 0.750 bits per heavy atom. The van der Waals surface area contributed by atoms with Crippen LogP contribution < -0.4 is 11.1 Å². The van der Waals surface area contributed by atoms with Gasteiger partial charge in [-0.1, -0.05) is 12.1 Å². The summed E-state index contributed by atoms with van der Waals surface area (Å²) < 4.78 is 0. The number of nitrogens with one attached hydrogen (secondary N) is 1. The molecule has 1 aliphatic heterocycles. The molecule has 1 aliphatic rings. The number of anilines is 1. The van der Waals surface area contributed by atoms with E-state index < -0.39 is 23.9 Å². The molecule has 0 saturated carbocycles. The number of nitrogens with two attached hydrogens (primary N) is 1. The summed E-state index contributed by atoms with van der Waals surface area (Å²) in [5.74, 6) is -2.92. The Labute approximate surface area is 241 Å². The van der Waals surface area contributed by atoms with E-state index in [-0.39, 0.29) is 75.1 Å². The quantitative estimate of drug-likeness (QED) is 0.279. The molecule has 6 N–H and O–H groups in total. The summed E-state index contributed by atoms with van der Waals surface area (Å²) in [5, 5.41) is 31.6. The summed E-state index contributed by atoms with van der Waals surface area (Å²) in [6.07, 6.45) is 0. The first-order chi connectivity index (χ1) is 14.8. The van der Waals surface area contributed by atoms with Crippen molar-refractivity contribution in [2.75, 3.05) is 71.2 Å². The highest BCUT2D eigenvalue weighted by molar-refractivity contribution is 5.86. The zero-order valence-electron chi connectivity index (χ0n) is 19.5. The SMILES string of the molecule is Cl.Cl.Cl.Cl.Cl.Nc1ccc(C(C(=O)O)N2CCN(CC(=O)O)CCNCCN(CC(=O)O)CC2)cc1. The third kappa shape index (κ3) is 15.1. The Balaban J connectivity index is -0.00000102. The number of nitrogens with zero attached hydrogens (tertiary/aromatic N) is 3. The summed E-state index contributed by atoms with van der Waals surface area (Å²) in [5.41, 5.74) is 6.82. The molecule has 0 radical (unpaired) electrons. The molecule has 16 heteroatoms. The largest absolute Gasteiger partial charge is 0.480 e. The van der Waals surface area contributed by atoms with Gasteiger partial charge < -0.3 is 26.4 Å². The van der Waals surface area contributed by atoms with E-state index in [1.807, 2.05) is 0 Å². The van der Waals surface area contributed by atoms with Crippen molar-refractivity contribution in [3.8, 4) is 0 Å². The number of carboxylic acids is 3. The van der Waals surface area contributed by atoms with Gasteiger partial charge in [-0.05, 0) is 17.7 Å². The number of halogens is 5. The summed E-state index contributed by atoms with van der Waals surface area (Å²) in [7, 11) is 0. The van der Waals surface area contributed by atoms with Gasteiger partial charge in [0, 0.05) is 58.0 Å². The third-order valence-corrected chi connectivity index (χ3v) is 5.19. The van der Waals surface area contributed by atoms with E-state index >= 15 is 0 Å².